The number of carbonyl (C=O) groups excluding carboxylic acids is 1. The molecule has 0 aliphatic carbocycles. The van der Waals surface area contributed by atoms with E-state index < -0.39 is 0 Å². The lowest BCUT2D eigenvalue weighted by molar-refractivity contribution is -0.119. The van der Waals surface area contributed by atoms with Crippen LogP contribution in [0.3, 0.4) is 0 Å². The average molecular weight is 438 g/mol. The fourth-order valence-electron chi connectivity index (χ4n) is 3.02. The Balaban J connectivity index is 1.35. The molecular formula is C23H17Cl2N3O2. The third-order valence-corrected chi connectivity index (χ3v) is 5.27. The molecule has 0 saturated carbocycles. The summed E-state index contributed by atoms with van der Waals surface area (Å²) >= 11 is 12.3. The molecule has 3 aromatic carbocycles. The summed E-state index contributed by atoms with van der Waals surface area (Å²) in [6.45, 7) is 0.0902. The maximum Gasteiger partial charge on any atom is 0.259 e. The lowest BCUT2D eigenvalue weighted by Crippen LogP contribution is -2.25. The highest BCUT2D eigenvalue weighted by Crippen LogP contribution is 2.34. The van der Waals surface area contributed by atoms with E-state index in [1.54, 1.807) is 24.3 Å². The second-order valence-corrected chi connectivity index (χ2v) is 7.26. The van der Waals surface area contributed by atoms with Crippen molar-refractivity contribution in [1.29, 1.82) is 0 Å². The van der Waals surface area contributed by atoms with Gasteiger partial charge in [0, 0.05) is 16.6 Å². The number of hydrazone groups is 1. The van der Waals surface area contributed by atoms with Gasteiger partial charge in [0.05, 0.1) is 22.8 Å². The standard InChI is InChI=1S/C23H17Cl2N3O2/c24-19-9-4-8-18(23(19)25)21-12-11-16(30-21)13-27-28-22(29)14-26-20-10-3-6-15-5-1-2-7-17(15)20/h1-13,26H,14H2,(H,28,29)/b27-13-. The maximum absolute atomic E-state index is 12.1. The van der Waals surface area contributed by atoms with Crippen molar-refractivity contribution in [2.75, 3.05) is 11.9 Å². The Kier molecular flexibility index (Phi) is 6.02. The third-order valence-electron chi connectivity index (χ3n) is 4.45. The number of nitrogens with zero attached hydrogens (tertiary/aromatic N) is 1. The summed E-state index contributed by atoms with van der Waals surface area (Å²) in [4.78, 5) is 12.1. The van der Waals surface area contributed by atoms with E-state index >= 15 is 0 Å². The molecule has 30 heavy (non-hydrogen) atoms. The predicted octanol–water partition coefficient (Wildman–Crippen LogP) is 5.97. The minimum absolute atomic E-state index is 0.0902. The lowest BCUT2D eigenvalue weighted by Gasteiger charge is -2.08. The second kappa shape index (κ2) is 9.03. The van der Waals surface area contributed by atoms with E-state index in [0.29, 0.717) is 27.1 Å². The number of carbonyl (C=O) groups is 1. The largest absolute Gasteiger partial charge is 0.455 e. The summed E-state index contributed by atoms with van der Waals surface area (Å²) in [6, 6.07) is 22.7. The van der Waals surface area contributed by atoms with Crippen LogP contribution in [0.5, 0.6) is 0 Å². The molecule has 0 aliphatic heterocycles. The average Bonchev–Trinajstić information content (AvgIpc) is 3.23. The van der Waals surface area contributed by atoms with Gasteiger partial charge in [-0.2, -0.15) is 5.10 Å². The van der Waals surface area contributed by atoms with Crippen LogP contribution in [0.2, 0.25) is 10.0 Å². The van der Waals surface area contributed by atoms with Gasteiger partial charge in [0.25, 0.3) is 5.91 Å². The highest BCUT2D eigenvalue weighted by Gasteiger charge is 2.10. The van der Waals surface area contributed by atoms with Crippen LogP contribution in [0.25, 0.3) is 22.1 Å². The molecule has 0 spiro atoms. The molecule has 0 radical (unpaired) electrons. The highest BCUT2D eigenvalue weighted by atomic mass is 35.5. The zero-order chi connectivity index (χ0) is 20.9. The second-order valence-electron chi connectivity index (χ2n) is 6.48. The number of rotatable bonds is 6. The van der Waals surface area contributed by atoms with Crippen LogP contribution in [0.4, 0.5) is 5.69 Å². The molecule has 4 rings (SSSR count). The summed E-state index contributed by atoms with van der Waals surface area (Å²) in [7, 11) is 0. The number of furan rings is 1. The molecule has 1 amide bonds. The van der Waals surface area contributed by atoms with Crippen LogP contribution in [0.1, 0.15) is 5.76 Å². The fraction of sp³-hybridized carbons (Fsp3) is 0.0435. The topological polar surface area (TPSA) is 66.6 Å². The van der Waals surface area contributed by atoms with Crippen LogP contribution in [-0.4, -0.2) is 18.7 Å². The molecule has 0 fully saturated rings. The first-order valence-electron chi connectivity index (χ1n) is 9.19. The van der Waals surface area contributed by atoms with Crippen LogP contribution in [-0.2, 0) is 4.79 Å². The van der Waals surface area contributed by atoms with Gasteiger partial charge < -0.3 is 9.73 Å². The van der Waals surface area contributed by atoms with E-state index in [0.717, 1.165) is 16.5 Å². The zero-order valence-electron chi connectivity index (χ0n) is 15.7. The van der Waals surface area contributed by atoms with Gasteiger partial charge in [0.15, 0.2) is 0 Å². The van der Waals surface area contributed by atoms with Gasteiger partial charge in [-0.3, -0.25) is 4.79 Å². The number of anilines is 1. The van der Waals surface area contributed by atoms with Crippen LogP contribution in [0, 0.1) is 0 Å². The SMILES string of the molecule is O=C(CNc1cccc2ccccc12)N/N=C\c1ccc(-c2cccc(Cl)c2Cl)o1. The summed E-state index contributed by atoms with van der Waals surface area (Å²) in [5.74, 6) is 0.764. The number of hydrogen-bond donors (Lipinski definition) is 2. The van der Waals surface area contributed by atoms with E-state index in [1.165, 1.54) is 6.21 Å². The molecule has 0 atom stereocenters. The molecule has 0 saturated heterocycles. The first-order chi connectivity index (χ1) is 14.6. The molecule has 4 aromatic rings. The van der Waals surface area contributed by atoms with Gasteiger partial charge in [0.1, 0.15) is 11.5 Å². The van der Waals surface area contributed by atoms with Crippen LogP contribution < -0.4 is 10.7 Å². The zero-order valence-corrected chi connectivity index (χ0v) is 17.2. The van der Waals surface area contributed by atoms with Crippen molar-refractivity contribution in [1.82, 2.24) is 5.43 Å². The number of nitrogens with one attached hydrogen (secondary N) is 2. The van der Waals surface area contributed by atoms with Gasteiger partial charge in [0.2, 0.25) is 0 Å². The Labute approximate surface area is 183 Å². The van der Waals surface area contributed by atoms with Gasteiger partial charge in [-0.05, 0) is 35.7 Å². The van der Waals surface area contributed by atoms with Gasteiger partial charge >= 0.3 is 0 Å². The van der Waals surface area contributed by atoms with Gasteiger partial charge in [-0.1, -0.05) is 65.7 Å². The summed E-state index contributed by atoms with van der Waals surface area (Å²) < 4.78 is 5.71. The summed E-state index contributed by atoms with van der Waals surface area (Å²) in [5, 5.41) is 10.1. The van der Waals surface area contributed by atoms with Crippen molar-refractivity contribution < 1.29 is 9.21 Å². The minimum Gasteiger partial charge on any atom is -0.455 e. The normalized spacial score (nSPS) is 11.1. The van der Waals surface area contributed by atoms with Crippen molar-refractivity contribution in [2.45, 2.75) is 0 Å². The number of amides is 1. The molecule has 7 heteroatoms. The molecule has 1 heterocycles. The van der Waals surface area contributed by atoms with E-state index in [-0.39, 0.29) is 12.5 Å². The van der Waals surface area contributed by atoms with E-state index in [1.807, 2.05) is 48.5 Å². The first-order valence-corrected chi connectivity index (χ1v) is 9.95. The fourth-order valence-corrected chi connectivity index (χ4v) is 3.42. The quantitative estimate of drug-likeness (QED) is 0.288. The Bertz CT molecular complexity index is 1230. The molecule has 0 unspecified atom stereocenters. The lowest BCUT2D eigenvalue weighted by atomic mass is 10.1. The third kappa shape index (κ3) is 4.48. The number of benzene rings is 3. The van der Waals surface area contributed by atoms with Crippen molar-refractivity contribution in [3.8, 4) is 11.3 Å². The molecular weight excluding hydrogens is 421 g/mol. The van der Waals surface area contributed by atoms with Crippen molar-refractivity contribution >= 4 is 51.8 Å². The van der Waals surface area contributed by atoms with Crippen molar-refractivity contribution in [3.63, 3.8) is 0 Å². The van der Waals surface area contributed by atoms with Crippen LogP contribution >= 0.6 is 23.2 Å². The van der Waals surface area contributed by atoms with Crippen molar-refractivity contribution in [3.05, 3.63) is 88.6 Å². The highest BCUT2D eigenvalue weighted by molar-refractivity contribution is 6.43. The van der Waals surface area contributed by atoms with Crippen LogP contribution in [0.15, 0.2) is 82.3 Å². The molecule has 5 nitrogen and oxygen atoms in total. The molecule has 0 bridgehead atoms. The van der Waals surface area contributed by atoms with E-state index in [9.17, 15) is 4.79 Å². The van der Waals surface area contributed by atoms with E-state index in [4.69, 9.17) is 27.6 Å². The van der Waals surface area contributed by atoms with Gasteiger partial charge in [-0.15, -0.1) is 0 Å². The molecule has 2 N–H and O–H groups in total. The maximum atomic E-state index is 12.1. The number of halogens is 2. The predicted molar refractivity (Wildman–Crippen MR) is 122 cm³/mol. The summed E-state index contributed by atoms with van der Waals surface area (Å²) in [6.07, 6.45) is 1.43. The Morgan fingerprint density at radius 3 is 2.67 bits per heavy atom. The van der Waals surface area contributed by atoms with Crippen molar-refractivity contribution in [2.24, 2.45) is 5.10 Å². The van der Waals surface area contributed by atoms with E-state index in [2.05, 4.69) is 15.8 Å². The first kappa shape index (κ1) is 20.0. The Hall–Kier alpha value is -3.28. The Morgan fingerprint density at radius 2 is 1.77 bits per heavy atom. The molecule has 0 aliphatic rings. The molecule has 150 valence electrons. The Morgan fingerprint density at radius 1 is 0.967 bits per heavy atom. The smallest absolute Gasteiger partial charge is 0.259 e. The number of fused-ring (bicyclic) bond motifs is 1. The molecule has 1 aromatic heterocycles. The number of hydrogen-bond acceptors (Lipinski definition) is 4. The monoisotopic (exact) mass is 437 g/mol. The summed E-state index contributed by atoms with van der Waals surface area (Å²) in [5.41, 5.74) is 4.06. The minimum atomic E-state index is -0.274. The van der Waals surface area contributed by atoms with Gasteiger partial charge in [-0.25, -0.2) is 5.43 Å².